The van der Waals surface area contributed by atoms with Crippen LogP contribution in [0.3, 0.4) is 0 Å². The third-order valence-corrected chi connectivity index (χ3v) is 3.51. The number of likely N-dealkylation sites (N-methyl/N-ethyl adjacent to an activating group) is 1. The summed E-state index contributed by atoms with van der Waals surface area (Å²) in [6.45, 7) is 5.32. The summed E-state index contributed by atoms with van der Waals surface area (Å²) in [4.78, 5) is 9.67. The number of nitriles is 1. The van der Waals surface area contributed by atoms with E-state index in [0.29, 0.717) is 4.88 Å². The van der Waals surface area contributed by atoms with Crippen LogP contribution in [0, 0.1) is 11.3 Å². The summed E-state index contributed by atoms with van der Waals surface area (Å²) >= 11 is 1.50. The van der Waals surface area contributed by atoms with Gasteiger partial charge >= 0.3 is 0 Å². The summed E-state index contributed by atoms with van der Waals surface area (Å²) in [7, 11) is 2.15. The Hall–Kier alpha value is -0.960. The Labute approximate surface area is 93.8 Å². The van der Waals surface area contributed by atoms with Gasteiger partial charge < -0.3 is 4.90 Å². The summed E-state index contributed by atoms with van der Waals surface area (Å²) in [6.07, 6.45) is 1.66. The zero-order chi connectivity index (χ0) is 10.7. The Bertz CT molecular complexity index is 360. The van der Waals surface area contributed by atoms with Crippen molar-refractivity contribution in [3.63, 3.8) is 0 Å². The molecule has 1 aromatic rings. The maximum absolute atomic E-state index is 8.69. The molecule has 4 nitrogen and oxygen atoms in total. The maximum atomic E-state index is 8.69. The van der Waals surface area contributed by atoms with Crippen molar-refractivity contribution < 1.29 is 0 Å². The Morgan fingerprint density at radius 2 is 2.20 bits per heavy atom. The van der Waals surface area contributed by atoms with Crippen LogP contribution in [0.25, 0.3) is 0 Å². The van der Waals surface area contributed by atoms with E-state index in [2.05, 4.69) is 27.9 Å². The van der Waals surface area contributed by atoms with E-state index in [-0.39, 0.29) is 0 Å². The Morgan fingerprint density at radius 1 is 1.47 bits per heavy atom. The molecule has 0 unspecified atom stereocenters. The van der Waals surface area contributed by atoms with Crippen molar-refractivity contribution in [3.05, 3.63) is 16.1 Å². The van der Waals surface area contributed by atoms with Gasteiger partial charge in [0.25, 0.3) is 0 Å². The number of aromatic nitrogens is 1. The van der Waals surface area contributed by atoms with E-state index in [1.165, 1.54) is 11.3 Å². The van der Waals surface area contributed by atoms with E-state index in [0.717, 1.165) is 37.7 Å². The fraction of sp³-hybridized carbons (Fsp3) is 0.600. The molecule has 0 radical (unpaired) electrons. The second kappa shape index (κ2) is 4.71. The molecule has 0 aliphatic carbocycles. The van der Waals surface area contributed by atoms with Gasteiger partial charge in [0.05, 0.1) is 12.7 Å². The lowest BCUT2D eigenvalue weighted by Crippen LogP contribution is -2.43. The molecule has 0 saturated carbocycles. The minimum absolute atomic E-state index is 0.708. The van der Waals surface area contributed by atoms with Crippen LogP contribution in [-0.2, 0) is 6.54 Å². The highest BCUT2D eigenvalue weighted by atomic mass is 32.1. The van der Waals surface area contributed by atoms with Crippen molar-refractivity contribution in [1.29, 1.82) is 5.26 Å². The van der Waals surface area contributed by atoms with E-state index in [1.807, 2.05) is 0 Å². The van der Waals surface area contributed by atoms with Crippen LogP contribution in [0.15, 0.2) is 6.20 Å². The van der Waals surface area contributed by atoms with Gasteiger partial charge in [0.1, 0.15) is 16.0 Å². The van der Waals surface area contributed by atoms with E-state index in [9.17, 15) is 0 Å². The molecule has 2 rings (SSSR count). The molecule has 0 N–H and O–H groups in total. The number of hydrogen-bond donors (Lipinski definition) is 0. The second-order valence-corrected chi connectivity index (χ2v) is 4.92. The highest BCUT2D eigenvalue weighted by Crippen LogP contribution is 2.14. The van der Waals surface area contributed by atoms with Crippen molar-refractivity contribution in [2.24, 2.45) is 0 Å². The van der Waals surface area contributed by atoms with Crippen molar-refractivity contribution in [3.8, 4) is 6.07 Å². The van der Waals surface area contributed by atoms with Gasteiger partial charge in [-0.2, -0.15) is 5.26 Å². The lowest BCUT2D eigenvalue weighted by Gasteiger charge is -2.31. The van der Waals surface area contributed by atoms with Gasteiger partial charge in [0.15, 0.2) is 0 Å². The molecule has 1 saturated heterocycles. The first kappa shape index (κ1) is 10.6. The number of piperazine rings is 1. The van der Waals surface area contributed by atoms with Crippen molar-refractivity contribution in [2.75, 3.05) is 33.2 Å². The third kappa shape index (κ3) is 2.75. The van der Waals surface area contributed by atoms with Gasteiger partial charge in [0, 0.05) is 26.2 Å². The Morgan fingerprint density at radius 3 is 2.80 bits per heavy atom. The Kier molecular flexibility index (Phi) is 3.31. The molecule has 0 atom stereocenters. The topological polar surface area (TPSA) is 43.2 Å². The Balaban J connectivity index is 1.89. The SMILES string of the molecule is CN1CCN(Cc2ncc(C#N)s2)CC1. The highest BCUT2D eigenvalue weighted by Gasteiger charge is 2.15. The van der Waals surface area contributed by atoms with Crippen LogP contribution in [0.1, 0.15) is 9.88 Å². The van der Waals surface area contributed by atoms with Gasteiger partial charge in [-0.15, -0.1) is 11.3 Å². The van der Waals surface area contributed by atoms with Crippen LogP contribution in [0.4, 0.5) is 0 Å². The lowest BCUT2D eigenvalue weighted by molar-refractivity contribution is 0.148. The predicted octanol–water partition coefficient (Wildman–Crippen LogP) is 0.762. The summed E-state index contributed by atoms with van der Waals surface area (Å²) in [5.74, 6) is 0. The summed E-state index contributed by atoms with van der Waals surface area (Å²) < 4.78 is 0. The van der Waals surface area contributed by atoms with E-state index in [4.69, 9.17) is 5.26 Å². The molecule has 1 aliphatic heterocycles. The number of rotatable bonds is 2. The van der Waals surface area contributed by atoms with Crippen LogP contribution in [0.5, 0.6) is 0 Å². The van der Waals surface area contributed by atoms with Crippen LogP contribution in [-0.4, -0.2) is 48.0 Å². The fourth-order valence-corrected chi connectivity index (χ4v) is 2.39. The zero-order valence-corrected chi connectivity index (χ0v) is 9.63. The first-order valence-corrected chi connectivity index (χ1v) is 5.85. The van der Waals surface area contributed by atoms with Gasteiger partial charge in [-0.3, -0.25) is 4.90 Å². The number of thiazole rings is 1. The van der Waals surface area contributed by atoms with Crippen LogP contribution >= 0.6 is 11.3 Å². The molecule has 0 aromatic carbocycles. The molecule has 0 bridgehead atoms. The quantitative estimate of drug-likeness (QED) is 0.741. The van der Waals surface area contributed by atoms with Gasteiger partial charge in [-0.25, -0.2) is 4.98 Å². The van der Waals surface area contributed by atoms with E-state index >= 15 is 0 Å². The monoisotopic (exact) mass is 222 g/mol. The molecule has 1 aliphatic rings. The van der Waals surface area contributed by atoms with E-state index < -0.39 is 0 Å². The van der Waals surface area contributed by atoms with Crippen LogP contribution in [0.2, 0.25) is 0 Å². The van der Waals surface area contributed by atoms with E-state index in [1.54, 1.807) is 6.20 Å². The van der Waals surface area contributed by atoms with Gasteiger partial charge in [-0.1, -0.05) is 0 Å². The third-order valence-electron chi connectivity index (χ3n) is 2.62. The van der Waals surface area contributed by atoms with Gasteiger partial charge in [0.2, 0.25) is 0 Å². The summed E-state index contributed by atoms with van der Waals surface area (Å²) in [6, 6.07) is 2.12. The van der Waals surface area contributed by atoms with Gasteiger partial charge in [-0.05, 0) is 7.05 Å². The minimum Gasteiger partial charge on any atom is -0.304 e. The highest BCUT2D eigenvalue weighted by molar-refractivity contribution is 7.12. The predicted molar refractivity (Wildman–Crippen MR) is 59.6 cm³/mol. The smallest absolute Gasteiger partial charge is 0.124 e. The van der Waals surface area contributed by atoms with Crippen molar-refractivity contribution in [2.45, 2.75) is 6.54 Å². The summed E-state index contributed by atoms with van der Waals surface area (Å²) in [5, 5.41) is 9.74. The summed E-state index contributed by atoms with van der Waals surface area (Å²) in [5.41, 5.74) is 0. The lowest BCUT2D eigenvalue weighted by atomic mass is 10.3. The van der Waals surface area contributed by atoms with Crippen molar-refractivity contribution in [1.82, 2.24) is 14.8 Å². The molecule has 15 heavy (non-hydrogen) atoms. The molecule has 1 aromatic heterocycles. The first-order valence-electron chi connectivity index (χ1n) is 5.03. The molecule has 0 amide bonds. The maximum Gasteiger partial charge on any atom is 0.124 e. The molecule has 0 spiro atoms. The average Bonchev–Trinajstić information content (AvgIpc) is 2.69. The average molecular weight is 222 g/mol. The van der Waals surface area contributed by atoms with Crippen molar-refractivity contribution >= 4 is 11.3 Å². The molecular formula is C10H14N4S. The number of nitrogens with zero attached hydrogens (tertiary/aromatic N) is 4. The molecule has 2 heterocycles. The zero-order valence-electron chi connectivity index (χ0n) is 8.81. The van der Waals surface area contributed by atoms with Crippen LogP contribution < -0.4 is 0 Å². The molecule has 5 heteroatoms. The molecular weight excluding hydrogens is 208 g/mol. The number of hydrogen-bond acceptors (Lipinski definition) is 5. The molecule has 1 fully saturated rings. The largest absolute Gasteiger partial charge is 0.304 e. The molecule has 80 valence electrons. The normalized spacial score (nSPS) is 18.9. The second-order valence-electron chi connectivity index (χ2n) is 3.81. The first-order chi connectivity index (χ1) is 7.28. The fourth-order valence-electron chi connectivity index (χ4n) is 1.63. The standard InChI is InChI=1S/C10H14N4S/c1-13-2-4-14(5-3-13)8-10-12-7-9(6-11)15-10/h7H,2-5,8H2,1H3. The minimum atomic E-state index is 0.708.